The molecule has 0 fully saturated rings. The third kappa shape index (κ3) is 5.46. The average molecular weight is 416 g/mol. The minimum atomic E-state index is -3.73. The highest BCUT2D eigenvalue weighted by Gasteiger charge is 2.26. The van der Waals surface area contributed by atoms with Gasteiger partial charge < -0.3 is 10.5 Å². The fourth-order valence-electron chi connectivity index (χ4n) is 1.60. The molecule has 0 saturated carbocycles. The quantitative estimate of drug-likeness (QED) is 0.660. The van der Waals surface area contributed by atoms with E-state index < -0.39 is 10.0 Å². The van der Waals surface area contributed by atoms with Gasteiger partial charge in [0.15, 0.2) is 0 Å². The highest BCUT2D eigenvalue weighted by Crippen LogP contribution is 2.27. The van der Waals surface area contributed by atoms with Crippen LogP contribution in [0.25, 0.3) is 0 Å². The van der Waals surface area contributed by atoms with Gasteiger partial charge in [0, 0.05) is 31.1 Å². The van der Waals surface area contributed by atoms with Crippen LogP contribution in [0.2, 0.25) is 5.02 Å². The largest absolute Gasteiger partial charge is 0.393 e. The van der Waals surface area contributed by atoms with E-state index in [2.05, 4.69) is 15.9 Å². The molecule has 0 aliphatic rings. The number of hydrogen-bond acceptors (Lipinski definition) is 4. The maximum atomic E-state index is 12.7. The van der Waals surface area contributed by atoms with Gasteiger partial charge in [0.25, 0.3) is 0 Å². The number of hydrogen-bond donors (Lipinski definition) is 1. The van der Waals surface area contributed by atoms with Gasteiger partial charge in [-0.3, -0.25) is 0 Å². The van der Waals surface area contributed by atoms with Crippen LogP contribution in [0.5, 0.6) is 0 Å². The number of thiocarbonyl (C=S) groups is 1. The molecule has 9 heteroatoms. The fourth-order valence-corrected chi connectivity index (χ4v) is 4.13. The number of nitrogens with zero attached hydrogens (tertiary/aromatic N) is 1. The van der Waals surface area contributed by atoms with E-state index in [4.69, 9.17) is 34.3 Å². The van der Waals surface area contributed by atoms with E-state index in [0.717, 1.165) is 0 Å². The topological polar surface area (TPSA) is 72.6 Å². The molecule has 5 nitrogen and oxygen atoms in total. The van der Waals surface area contributed by atoms with Gasteiger partial charge in [0.1, 0.15) is 4.90 Å². The molecule has 118 valence electrons. The lowest BCUT2D eigenvalue weighted by molar-refractivity contribution is 0.179. The molecule has 0 amide bonds. The van der Waals surface area contributed by atoms with Crippen molar-refractivity contribution in [1.82, 2.24) is 4.31 Å². The molecule has 0 heterocycles. The van der Waals surface area contributed by atoms with Crippen LogP contribution in [0.4, 0.5) is 0 Å². The first kappa shape index (κ1) is 18.8. The van der Waals surface area contributed by atoms with E-state index in [9.17, 15) is 8.42 Å². The van der Waals surface area contributed by atoms with Crippen molar-refractivity contribution in [3.63, 3.8) is 0 Å². The highest BCUT2D eigenvalue weighted by molar-refractivity contribution is 9.10. The van der Waals surface area contributed by atoms with Gasteiger partial charge in [-0.05, 0) is 18.2 Å². The highest BCUT2D eigenvalue weighted by atomic mass is 79.9. The normalized spacial score (nSPS) is 11.8. The van der Waals surface area contributed by atoms with Gasteiger partial charge in [-0.1, -0.05) is 39.7 Å². The second-order valence-electron chi connectivity index (χ2n) is 4.19. The van der Waals surface area contributed by atoms with E-state index in [-0.39, 0.29) is 34.6 Å². The predicted molar refractivity (Wildman–Crippen MR) is 91.2 cm³/mol. The number of nitrogens with two attached hydrogens (primary N) is 1. The summed E-state index contributed by atoms with van der Waals surface area (Å²) in [7, 11) is -2.23. The molecule has 1 aromatic rings. The summed E-state index contributed by atoms with van der Waals surface area (Å²) in [6.07, 6.45) is 0.298. The maximum absolute atomic E-state index is 12.7. The van der Waals surface area contributed by atoms with Crippen molar-refractivity contribution in [2.45, 2.75) is 11.3 Å². The van der Waals surface area contributed by atoms with Crippen LogP contribution in [-0.4, -0.2) is 44.5 Å². The summed E-state index contributed by atoms with van der Waals surface area (Å²) in [6, 6.07) is 4.62. The Hall–Kier alpha value is -0.250. The molecule has 0 spiro atoms. The Kier molecular flexibility index (Phi) is 7.52. The molecule has 2 N–H and O–H groups in total. The Morgan fingerprint density at radius 2 is 2.14 bits per heavy atom. The number of rotatable bonds is 8. The molecule has 1 rings (SSSR count). The van der Waals surface area contributed by atoms with Gasteiger partial charge in [-0.2, -0.15) is 4.31 Å². The first-order valence-corrected chi connectivity index (χ1v) is 9.03. The van der Waals surface area contributed by atoms with E-state index in [1.54, 1.807) is 6.07 Å². The lowest BCUT2D eigenvalue weighted by atomic mass is 10.4. The first-order chi connectivity index (χ1) is 9.78. The minimum absolute atomic E-state index is 0.0476. The van der Waals surface area contributed by atoms with Crippen LogP contribution in [0.3, 0.4) is 0 Å². The summed E-state index contributed by atoms with van der Waals surface area (Å²) >= 11 is 14.1. The van der Waals surface area contributed by atoms with Crippen molar-refractivity contribution >= 4 is 54.8 Å². The molecular weight excluding hydrogens is 400 g/mol. The summed E-state index contributed by atoms with van der Waals surface area (Å²) < 4.78 is 32.3. The second-order valence-corrected chi connectivity index (χ2v) is 7.94. The third-order valence-corrected chi connectivity index (χ3v) is 5.74. The Morgan fingerprint density at radius 1 is 1.48 bits per heavy atom. The van der Waals surface area contributed by atoms with Gasteiger partial charge in [0.05, 0.1) is 16.6 Å². The van der Waals surface area contributed by atoms with Crippen molar-refractivity contribution in [3.05, 3.63) is 27.7 Å². The zero-order valence-corrected chi connectivity index (χ0v) is 15.4. The number of methoxy groups -OCH3 is 1. The van der Waals surface area contributed by atoms with Gasteiger partial charge in [-0.25, -0.2) is 8.42 Å². The Balaban J connectivity index is 3.09. The number of halogens is 2. The van der Waals surface area contributed by atoms with Gasteiger partial charge in [0.2, 0.25) is 10.0 Å². The van der Waals surface area contributed by atoms with Crippen molar-refractivity contribution < 1.29 is 13.2 Å². The summed E-state index contributed by atoms with van der Waals surface area (Å²) in [5.41, 5.74) is 5.45. The number of benzene rings is 1. The zero-order valence-electron chi connectivity index (χ0n) is 11.4. The number of ether oxygens (including phenoxy) is 1. The van der Waals surface area contributed by atoms with E-state index in [1.165, 1.54) is 23.5 Å². The molecule has 0 atom stereocenters. The first-order valence-electron chi connectivity index (χ1n) is 6.01. The number of sulfonamides is 1. The van der Waals surface area contributed by atoms with Crippen molar-refractivity contribution in [1.29, 1.82) is 0 Å². The Bertz CT molecular complexity index is 611. The molecule has 0 bridgehead atoms. The van der Waals surface area contributed by atoms with Crippen LogP contribution in [0, 0.1) is 0 Å². The van der Waals surface area contributed by atoms with Crippen LogP contribution in [-0.2, 0) is 14.8 Å². The molecular formula is C12H16BrClN2O3S2. The minimum Gasteiger partial charge on any atom is -0.393 e. The van der Waals surface area contributed by atoms with E-state index in [0.29, 0.717) is 10.9 Å². The fraction of sp³-hybridized carbons (Fsp3) is 0.417. The third-order valence-electron chi connectivity index (χ3n) is 2.66. The summed E-state index contributed by atoms with van der Waals surface area (Å²) in [6.45, 7) is 0.659. The molecule has 0 aromatic heterocycles. The monoisotopic (exact) mass is 414 g/mol. The summed E-state index contributed by atoms with van der Waals surface area (Å²) in [5.74, 6) is 0. The van der Waals surface area contributed by atoms with Crippen LogP contribution < -0.4 is 5.73 Å². The van der Waals surface area contributed by atoms with Gasteiger partial charge in [-0.15, -0.1) is 0 Å². The van der Waals surface area contributed by atoms with Crippen LogP contribution in [0.1, 0.15) is 6.42 Å². The molecule has 0 radical (unpaired) electrons. The Morgan fingerprint density at radius 3 is 2.67 bits per heavy atom. The maximum Gasteiger partial charge on any atom is 0.244 e. The zero-order chi connectivity index (χ0) is 16.0. The standard InChI is InChI=1S/C12H16BrClN2O3S2/c1-19-7-6-16(5-4-12(15)20)21(17,18)11-3-2-9(13)8-10(11)14/h2-3,8H,4-7H2,1H3,(H2,15,20). The lowest BCUT2D eigenvalue weighted by Crippen LogP contribution is -2.36. The van der Waals surface area contributed by atoms with Gasteiger partial charge >= 0.3 is 0 Å². The van der Waals surface area contributed by atoms with Crippen LogP contribution >= 0.6 is 39.7 Å². The summed E-state index contributed by atoms with van der Waals surface area (Å²) in [5, 5.41) is 0.155. The van der Waals surface area contributed by atoms with Crippen molar-refractivity contribution in [3.8, 4) is 0 Å². The lowest BCUT2D eigenvalue weighted by Gasteiger charge is -2.22. The molecule has 0 saturated heterocycles. The molecule has 0 aliphatic carbocycles. The summed E-state index contributed by atoms with van der Waals surface area (Å²) in [4.78, 5) is 0.306. The Labute approximate surface area is 143 Å². The molecule has 1 aromatic carbocycles. The SMILES string of the molecule is COCCN(CCC(N)=S)S(=O)(=O)c1ccc(Br)cc1Cl. The smallest absolute Gasteiger partial charge is 0.244 e. The van der Waals surface area contributed by atoms with Crippen LogP contribution in [0.15, 0.2) is 27.6 Å². The average Bonchev–Trinajstić information content (AvgIpc) is 2.37. The molecule has 21 heavy (non-hydrogen) atoms. The predicted octanol–water partition coefficient (Wildman–Crippen LogP) is 2.42. The molecule has 0 unspecified atom stereocenters. The van der Waals surface area contributed by atoms with E-state index in [1.807, 2.05) is 0 Å². The van der Waals surface area contributed by atoms with E-state index >= 15 is 0 Å². The molecule has 0 aliphatic heterocycles. The second kappa shape index (κ2) is 8.40. The van der Waals surface area contributed by atoms with Crippen molar-refractivity contribution in [2.75, 3.05) is 26.8 Å². The van der Waals surface area contributed by atoms with Crippen molar-refractivity contribution in [2.24, 2.45) is 5.73 Å².